The molecule has 25 heavy (non-hydrogen) atoms. The summed E-state index contributed by atoms with van der Waals surface area (Å²) in [5.41, 5.74) is 3.80. The van der Waals surface area contributed by atoms with Crippen LogP contribution >= 0.6 is 0 Å². The van der Waals surface area contributed by atoms with Crippen molar-refractivity contribution >= 4 is 18.2 Å². The summed E-state index contributed by atoms with van der Waals surface area (Å²) in [5, 5.41) is 12.5. The summed E-state index contributed by atoms with van der Waals surface area (Å²) in [7, 11) is 1.61. The van der Waals surface area contributed by atoms with E-state index in [2.05, 4.69) is 10.5 Å². The fourth-order valence-electron chi connectivity index (χ4n) is 1.91. The number of amides is 1. The Morgan fingerprint density at radius 1 is 1.24 bits per heavy atom. The number of hydrogen-bond donors (Lipinski definition) is 1. The zero-order chi connectivity index (χ0) is 17.9. The maximum atomic E-state index is 11.6. The van der Waals surface area contributed by atoms with Crippen molar-refractivity contribution < 1.29 is 14.3 Å². The number of para-hydroxylation sites is 1. The van der Waals surface area contributed by atoms with Crippen molar-refractivity contribution in [2.45, 2.75) is 0 Å². The Labute approximate surface area is 146 Å². The number of hydrogen-bond acceptors (Lipinski definition) is 5. The van der Waals surface area contributed by atoms with Crippen molar-refractivity contribution in [2.75, 3.05) is 13.7 Å². The lowest BCUT2D eigenvalue weighted by molar-refractivity contribution is -0.123. The third-order valence-corrected chi connectivity index (χ3v) is 3.12. The first kappa shape index (κ1) is 17.8. The number of allylic oxidation sites excluding steroid dienone is 1. The highest BCUT2D eigenvalue weighted by molar-refractivity contribution is 5.82. The first-order valence-electron chi connectivity index (χ1n) is 7.47. The minimum Gasteiger partial charge on any atom is -0.496 e. The molecule has 0 bridgehead atoms. The lowest BCUT2D eigenvalue weighted by atomic mass is 10.2. The monoisotopic (exact) mass is 335 g/mol. The van der Waals surface area contributed by atoms with Crippen LogP contribution in [0.5, 0.6) is 11.5 Å². The number of carbonyl (C=O) groups is 1. The van der Waals surface area contributed by atoms with Crippen molar-refractivity contribution in [3.05, 3.63) is 65.7 Å². The van der Waals surface area contributed by atoms with Gasteiger partial charge in [-0.15, -0.1) is 0 Å². The second-order valence-electron chi connectivity index (χ2n) is 4.84. The summed E-state index contributed by atoms with van der Waals surface area (Å²) in [6.45, 7) is -0.167. The second kappa shape index (κ2) is 9.53. The van der Waals surface area contributed by atoms with Crippen LogP contribution in [0.3, 0.4) is 0 Å². The minimum absolute atomic E-state index is 0.167. The zero-order valence-electron chi connectivity index (χ0n) is 13.7. The summed E-state index contributed by atoms with van der Waals surface area (Å²) in [6.07, 6.45) is 4.98. The van der Waals surface area contributed by atoms with Crippen LogP contribution in [0.1, 0.15) is 11.1 Å². The van der Waals surface area contributed by atoms with E-state index in [0.29, 0.717) is 11.3 Å². The number of nitrogens with zero attached hydrogens (tertiary/aromatic N) is 2. The first-order chi connectivity index (χ1) is 12.2. The molecule has 0 aliphatic heterocycles. The van der Waals surface area contributed by atoms with Gasteiger partial charge in [-0.25, -0.2) is 5.43 Å². The second-order valence-corrected chi connectivity index (χ2v) is 4.84. The van der Waals surface area contributed by atoms with Crippen molar-refractivity contribution in [1.29, 1.82) is 5.26 Å². The van der Waals surface area contributed by atoms with Crippen LogP contribution in [-0.4, -0.2) is 25.8 Å². The molecule has 0 heterocycles. The van der Waals surface area contributed by atoms with Crippen molar-refractivity contribution in [3.8, 4) is 17.6 Å². The van der Waals surface area contributed by atoms with Crippen molar-refractivity contribution in [3.63, 3.8) is 0 Å². The minimum atomic E-state index is -0.383. The molecule has 0 atom stereocenters. The van der Waals surface area contributed by atoms with Gasteiger partial charge in [0.2, 0.25) is 0 Å². The molecular weight excluding hydrogens is 318 g/mol. The molecule has 0 saturated carbocycles. The molecule has 6 heteroatoms. The van der Waals surface area contributed by atoms with Crippen LogP contribution < -0.4 is 14.9 Å². The maximum absolute atomic E-state index is 11.6. The van der Waals surface area contributed by atoms with E-state index in [-0.39, 0.29) is 12.5 Å². The van der Waals surface area contributed by atoms with Crippen molar-refractivity contribution in [2.24, 2.45) is 5.10 Å². The van der Waals surface area contributed by atoms with Gasteiger partial charge < -0.3 is 9.47 Å². The lowest BCUT2D eigenvalue weighted by Gasteiger charge is -2.04. The Kier molecular flexibility index (Phi) is 6.77. The number of nitriles is 1. The Morgan fingerprint density at radius 2 is 2.00 bits per heavy atom. The van der Waals surface area contributed by atoms with Gasteiger partial charge in [-0.2, -0.15) is 10.4 Å². The molecule has 0 radical (unpaired) electrons. The van der Waals surface area contributed by atoms with Gasteiger partial charge in [0.25, 0.3) is 5.91 Å². The summed E-state index contributed by atoms with van der Waals surface area (Å²) in [4.78, 5) is 11.6. The fourth-order valence-corrected chi connectivity index (χ4v) is 1.91. The maximum Gasteiger partial charge on any atom is 0.277 e. The van der Waals surface area contributed by atoms with Crippen LogP contribution in [0.15, 0.2) is 59.7 Å². The Balaban J connectivity index is 1.76. The molecule has 0 aliphatic carbocycles. The van der Waals surface area contributed by atoms with Gasteiger partial charge in [-0.1, -0.05) is 18.2 Å². The zero-order valence-corrected chi connectivity index (χ0v) is 13.7. The molecule has 2 aromatic rings. The highest BCUT2D eigenvalue weighted by Gasteiger charge is 2.01. The molecule has 0 aromatic heterocycles. The molecule has 0 aliphatic rings. The molecule has 2 rings (SSSR count). The summed E-state index contributed by atoms with van der Waals surface area (Å²) in [5.74, 6) is 0.882. The molecule has 2 aromatic carbocycles. The Hall–Kier alpha value is -3.59. The van der Waals surface area contributed by atoms with E-state index in [0.717, 1.165) is 11.3 Å². The van der Waals surface area contributed by atoms with Gasteiger partial charge in [-0.05, 0) is 42.5 Å². The molecule has 1 N–H and O–H groups in total. The number of benzene rings is 2. The van der Waals surface area contributed by atoms with Gasteiger partial charge >= 0.3 is 0 Å². The first-order valence-corrected chi connectivity index (χ1v) is 7.47. The van der Waals surface area contributed by atoms with Gasteiger partial charge in [0.05, 0.1) is 18.7 Å². The predicted octanol–water partition coefficient (Wildman–Crippen LogP) is 2.76. The summed E-state index contributed by atoms with van der Waals surface area (Å²) >= 11 is 0. The van der Waals surface area contributed by atoms with E-state index in [4.69, 9.17) is 14.7 Å². The Bertz CT molecular complexity index is 805. The molecule has 6 nitrogen and oxygen atoms in total. The molecule has 0 saturated heterocycles. The van der Waals surface area contributed by atoms with E-state index < -0.39 is 0 Å². The van der Waals surface area contributed by atoms with Crippen LogP contribution in [0.25, 0.3) is 6.08 Å². The smallest absolute Gasteiger partial charge is 0.277 e. The van der Waals surface area contributed by atoms with E-state index >= 15 is 0 Å². The molecule has 0 spiro atoms. The third kappa shape index (κ3) is 5.84. The van der Waals surface area contributed by atoms with E-state index in [9.17, 15) is 4.79 Å². The summed E-state index contributed by atoms with van der Waals surface area (Å²) in [6, 6.07) is 16.1. The van der Waals surface area contributed by atoms with Gasteiger partial charge in [0.1, 0.15) is 11.5 Å². The summed E-state index contributed by atoms with van der Waals surface area (Å²) < 4.78 is 10.5. The van der Waals surface area contributed by atoms with Gasteiger partial charge in [-0.3, -0.25) is 4.79 Å². The third-order valence-electron chi connectivity index (χ3n) is 3.12. The molecule has 1 amide bonds. The average Bonchev–Trinajstić information content (AvgIpc) is 2.66. The van der Waals surface area contributed by atoms with Gasteiger partial charge in [0.15, 0.2) is 6.61 Å². The number of carbonyl (C=O) groups excluding carboxylic acids is 1. The highest BCUT2D eigenvalue weighted by atomic mass is 16.5. The van der Waals surface area contributed by atoms with Crippen LogP contribution in [0, 0.1) is 11.3 Å². The van der Waals surface area contributed by atoms with Crippen LogP contribution in [-0.2, 0) is 4.79 Å². The van der Waals surface area contributed by atoms with Crippen LogP contribution in [0.2, 0.25) is 0 Å². The van der Waals surface area contributed by atoms with Crippen LogP contribution in [0.4, 0.5) is 0 Å². The Morgan fingerprint density at radius 3 is 2.72 bits per heavy atom. The highest BCUT2D eigenvalue weighted by Crippen LogP contribution is 2.18. The standard InChI is InChI=1S/C19H17N3O3/c1-24-18-7-3-2-5-16(18)6-4-12-21-22-19(23)14-25-17-10-8-15(13-20)9-11-17/h2-12H,14H2,1H3,(H,22,23)/b6-4+,21-12+. The normalized spacial score (nSPS) is 10.6. The predicted molar refractivity (Wildman–Crippen MR) is 95.3 cm³/mol. The van der Waals surface area contributed by atoms with Gasteiger partial charge in [0, 0.05) is 11.8 Å². The van der Waals surface area contributed by atoms with E-state index in [1.807, 2.05) is 36.4 Å². The molecule has 0 unspecified atom stereocenters. The number of rotatable bonds is 7. The quantitative estimate of drug-likeness (QED) is 0.623. The number of hydrazone groups is 1. The van der Waals surface area contributed by atoms with E-state index in [1.54, 1.807) is 37.5 Å². The SMILES string of the molecule is COc1ccccc1/C=C/C=N/NC(=O)COc1ccc(C#N)cc1. The molecule has 126 valence electrons. The number of methoxy groups -OCH3 is 1. The largest absolute Gasteiger partial charge is 0.496 e. The lowest BCUT2D eigenvalue weighted by Crippen LogP contribution is -2.24. The molecule has 0 fully saturated rings. The van der Waals surface area contributed by atoms with Crippen molar-refractivity contribution in [1.82, 2.24) is 5.43 Å². The van der Waals surface area contributed by atoms with E-state index in [1.165, 1.54) is 6.21 Å². The average molecular weight is 335 g/mol. The number of ether oxygens (including phenoxy) is 2. The molecular formula is C19H17N3O3. The number of nitrogens with one attached hydrogen (secondary N) is 1. The fraction of sp³-hybridized carbons (Fsp3) is 0.105. The topological polar surface area (TPSA) is 83.7 Å².